The fourth-order valence-electron chi connectivity index (χ4n) is 1.92. The predicted octanol–water partition coefficient (Wildman–Crippen LogP) is 1.87. The summed E-state index contributed by atoms with van der Waals surface area (Å²) < 4.78 is 10.8. The minimum atomic E-state index is -0.197. The highest BCUT2D eigenvalue weighted by Gasteiger charge is 2.27. The lowest BCUT2D eigenvalue weighted by Crippen LogP contribution is -2.25. The van der Waals surface area contributed by atoms with E-state index in [1.165, 1.54) is 11.1 Å². The van der Waals surface area contributed by atoms with Crippen molar-refractivity contribution in [3.05, 3.63) is 36.0 Å². The second-order valence-electron chi connectivity index (χ2n) is 4.05. The molecule has 19 heavy (non-hydrogen) atoms. The summed E-state index contributed by atoms with van der Waals surface area (Å²) in [5.74, 6) is 1.20. The fourth-order valence-corrected chi connectivity index (χ4v) is 1.92. The molecule has 0 bridgehead atoms. The molecule has 1 aromatic carbocycles. The second kappa shape index (κ2) is 4.24. The molecule has 1 aromatic heterocycles. The molecule has 0 N–H and O–H groups in total. The molecule has 0 saturated heterocycles. The standard InChI is InChI=1S/C13H11N3O3/c1-16-10-7-8(18-2)3-4-11(10)19-12-9(13(16)17)5-6-14-15-12/h3-7H,1-2H3. The number of amides is 1. The summed E-state index contributed by atoms with van der Waals surface area (Å²) in [6.45, 7) is 0. The quantitative estimate of drug-likeness (QED) is 0.780. The number of hydrogen-bond donors (Lipinski definition) is 0. The molecule has 2 heterocycles. The molecule has 96 valence electrons. The van der Waals surface area contributed by atoms with E-state index in [-0.39, 0.29) is 11.8 Å². The van der Waals surface area contributed by atoms with E-state index in [0.29, 0.717) is 22.7 Å². The minimum absolute atomic E-state index is 0.197. The van der Waals surface area contributed by atoms with Gasteiger partial charge in [-0.3, -0.25) is 4.79 Å². The van der Waals surface area contributed by atoms with Gasteiger partial charge in [-0.15, -0.1) is 5.10 Å². The number of fused-ring (bicyclic) bond motifs is 2. The Morgan fingerprint density at radius 3 is 2.95 bits per heavy atom. The van der Waals surface area contributed by atoms with Gasteiger partial charge in [0.25, 0.3) is 11.8 Å². The number of methoxy groups -OCH3 is 1. The zero-order valence-corrected chi connectivity index (χ0v) is 10.5. The molecule has 0 radical (unpaired) electrons. The largest absolute Gasteiger partial charge is 0.497 e. The summed E-state index contributed by atoms with van der Waals surface area (Å²) in [6.07, 6.45) is 1.46. The monoisotopic (exact) mass is 257 g/mol. The Balaban J connectivity index is 2.19. The Bertz CT molecular complexity index is 657. The van der Waals surface area contributed by atoms with E-state index in [4.69, 9.17) is 9.47 Å². The number of ether oxygens (including phenoxy) is 2. The van der Waals surface area contributed by atoms with E-state index in [1.54, 1.807) is 38.4 Å². The van der Waals surface area contributed by atoms with Gasteiger partial charge in [0.15, 0.2) is 5.75 Å². The van der Waals surface area contributed by atoms with Crippen LogP contribution in [0.2, 0.25) is 0 Å². The van der Waals surface area contributed by atoms with E-state index < -0.39 is 0 Å². The van der Waals surface area contributed by atoms with Crippen LogP contribution in [0.3, 0.4) is 0 Å². The van der Waals surface area contributed by atoms with Crippen molar-refractivity contribution in [3.63, 3.8) is 0 Å². The Morgan fingerprint density at radius 1 is 1.32 bits per heavy atom. The number of nitrogens with zero attached hydrogens (tertiary/aromatic N) is 3. The van der Waals surface area contributed by atoms with Crippen LogP contribution in [0.4, 0.5) is 5.69 Å². The van der Waals surface area contributed by atoms with Crippen LogP contribution < -0.4 is 14.4 Å². The van der Waals surface area contributed by atoms with Crippen LogP contribution in [0, 0.1) is 0 Å². The third-order valence-corrected chi connectivity index (χ3v) is 2.96. The van der Waals surface area contributed by atoms with Crippen LogP contribution in [0.25, 0.3) is 0 Å². The number of benzene rings is 1. The predicted molar refractivity (Wildman–Crippen MR) is 67.8 cm³/mol. The zero-order chi connectivity index (χ0) is 13.4. The average molecular weight is 257 g/mol. The van der Waals surface area contributed by atoms with Gasteiger partial charge in [-0.1, -0.05) is 0 Å². The van der Waals surface area contributed by atoms with Gasteiger partial charge in [0, 0.05) is 13.1 Å². The van der Waals surface area contributed by atoms with Gasteiger partial charge in [-0.2, -0.15) is 5.10 Å². The number of aromatic nitrogens is 2. The van der Waals surface area contributed by atoms with E-state index in [9.17, 15) is 4.79 Å². The molecule has 0 saturated carbocycles. The third-order valence-electron chi connectivity index (χ3n) is 2.96. The van der Waals surface area contributed by atoms with E-state index >= 15 is 0 Å². The molecule has 0 atom stereocenters. The molecule has 0 unspecified atom stereocenters. The van der Waals surface area contributed by atoms with Crippen LogP contribution >= 0.6 is 0 Å². The van der Waals surface area contributed by atoms with Gasteiger partial charge in [0.2, 0.25) is 0 Å². The first-order chi connectivity index (χ1) is 9.20. The third kappa shape index (κ3) is 1.77. The first-order valence-electron chi connectivity index (χ1n) is 5.66. The Hall–Kier alpha value is -2.63. The van der Waals surface area contributed by atoms with Crippen molar-refractivity contribution in [2.45, 2.75) is 0 Å². The Morgan fingerprint density at radius 2 is 2.16 bits per heavy atom. The highest BCUT2D eigenvalue weighted by Crippen LogP contribution is 2.38. The molecule has 0 spiro atoms. The number of carbonyl (C=O) groups excluding carboxylic acids is 1. The van der Waals surface area contributed by atoms with E-state index in [2.05, 4.69) is 10.2 Å². The van der Waals surface area contributed by atoms with Gasteiger partial charge in [-0.25, -0.2) is 0 Å². The van der Waals surface area contributed by atoms with Crippen molar-refractivity contribution >= 4 is 11.6 Å². The minimum Gasteiger partial charge on any atom is -0.497 e. The zero-order valence-electron chi connectivity index (χ0n) is 10.5. The van der Waals surface area contributed by atoms with Gasteiger partial charge in [-0.05, 0) is 18.2 Å². The van der Waals surface area contributed by atoms with Crippen molar-refractivity contribution in [3.8, 4) is 17.4 Å². The van der Waals surface area contributed by atoms with Crippen LogP contribution in [0.15, 0.2) is 30.5 Å². The molecular weight excluding hydrogens is 246 g/mol. The van der Waals surface area contributed by atoms with Crippen molar-refractivity contribution in [2.75, 3.05) is 19.1 Å². The van der Waals surface area contributed by atoms with Crippen molar-refractivity contribution in [1.29, 1.82) is 0 Å². The molecule has 2 aromatic rings. The summed E-state index contributed by atoms with van der Waals surface area (Å²) in [5.41, 5.74) is 1.01. The van der Waals surface area contributed by atoms with Crippen LogP contribution in [0.1, 0.15) is 10.4 Å². The molecule has 6 heteroatoms. The number of rotatable bonds is 1. The molecule has 1 aliphatic rings. The Kier molecular flexibility index (Phi) is 2.56. The van der Waals surface area contributed by atoms with Gasteiger partial charge >= 0.3 is 0 Å². The maximum Gasteiger partial charge on any atom is 0.263 e. The molecule has 1 aliphatic heterocycles. The topological polar surface area (TPSA) is 64.5 Å². The SMILES string of the molecule is COc1ccc2c(c1)N(C)C(=O)c1ccnnc1O2. The molecule has 6 nitrogen and oxygen atoms in total. The summed E-state index contributed by atoms with van der Waals surface area (Å²) in [5, 5.41) is 7.59. The van der Waals surface area contributed by atoms with Gasteiger partial charge < -0.3 is 14.4 Å². The first-order valence-corrected chi connectivity index (χ1v) is 5.66. The maximum atomic E-state index is 12.3. The summed E-state index contributed by atoms with van der Waals surface area (Å²) in [7, 11) is 3.25. The van der Waals surface area contributed by atoms with Gasteiger partial charge in [0.05, 0.1) is 19.0 Å². The van der Waals surface area contributed by atoms with Crippen LogP contribution in [-0.4, -0.2) is 30.3 Å². The molecule has 0 aliphatic carbocycles. The van der Waals surface area contributed by atoms with Crippen molar-refractivity contribution in [1.82, 2.24) is 10.2 Å². The van der Waals surface area contributed by atoms with Gasteiger partial charge in [0.1, 0.15) is 11.3 Å². The summed E-state index contributed by atoms with van der Waals surface area (Å²) >= 11 is 0. The van der Waals surface area contributed by atoms with Crippen LogP contribution in [0.5, 0.6) is 17.4 Å². The lowest BCUT2D eigenvalue weighted by atomic mass is 10.2. The highest BCUT2D eigenvalue weighted by molar-refractivity contribution is 6.08. The average Bonchev–Trinajstić information content (AvgIpc) is 2.56. The van der Waals surface area contributed by atoms with Crippen molar-refractivity contribution in [2.24, 2.45) is 0 Å². The first kappa shape index (κ1) is 11.5. The number of anilines is 1. The van der Waals surface area contributed by atoms with E-state index in [0.717, 1.165) is 0 Å². The Labute approximate surface area is 109 Å². The molecular formula is C13H11N3O3. The van der Waals surface area contributed by atoms with E-state index in [1.807, 2.05) is 0 Å². The molecule has 0 fully saturated rings. The maximum absolute atomic E-state index is 12.3. The summed E-state index contributed by atoms with van der Waals surface area (Å²) in [4.78, 5) is 13.8. The smallest absolute Gasteiger partial charge is 0.263 e. The second-order valence-corrected chi connectivity index (χ2v) is 4.05. The molecule has 1 amide bonds. The fraction of sp³-hybridized carbons (Fsp3) is 0.154. The lowest BCUT2D eigenvalue weighted by Gasteiger charge is -2.16. The van der Waals surface area contributed by atoms with Crippen molar-refractivity contribution < 1.29 is 14.3 Å². The normalized spacial score (nSPS) is 13.2. The van der Waals surface area contributed by atoms with Crippen LogP contribution in [-0.2, 0) is 0 Å². The number of hydrogen-bond acceptors (Lipinski definition) is 5. The highest BCUT2D eigenvalue weighted by atomic mass is 16.5. The summed E-state index contributed by atoms with van der Waals surface area (Å²) in [6, 6.07) is 6.83. The number of carbonyl (C=O) groups is 1. The molecule has 3 rings (SSSR count). The lowest BCUT2D eigenvalue weighted by molar-refractivity contribution is 0.0992.